The van der Waals surface area contributed by atoms with Crippen molar-refractivity contribution in [3.05, 3.63) is 102 Å². The molecule has 0 fully saturated rings. The summed E-state index contributed by atoms with van der Waals surface area (Å²) in [5.41, 5.74) is 2.35. The fourth-order valence-electron chi connectivity index (χ4n) is 3.98. The van der Waals surface area contributed by atoms with Crippen LogP contribution in [-0.4, -0.2) is 42.6 Å². The molecule has 0 unspecified atom stereocenters. The average molecular weight is 514 g/mol. The molecule has 1 heterocycles. The van der Waals surface area contributed by atoms with E-state index >= 15 is 0 Å². The number of para-hydroxylation sites is 1. The molecule has 0 saturated carbocycles. The van der Waals surface area contributed by atoms with Crippen molar-refractivity contribution in [3.63, 3.8) is 0 Å². The summed E-state index contributed by atoms with van der Waals surface area (Å²) in [5, 5.41) is 2.88. The maximum Gasteiger partial charge on any atom is 0.418 e. The predicted octanol–water partition coefficient (Wildman–Crippen LogP) is 6.54. The summed E-state index contributed by atoms with van der Waals surface area (Å²) < 4.78 is 43.6. The van der Waals surface area contributed by atoms with Crippen LogP contribution in [0.5, 0.6) is 0 Å². The molecule has 0 atom stereocenters. The zero-order valence-electron chi connectivity index (χ0n) is 19.9. The number of amides is 1. The Bertz CT molecular complexity index is 1320. The molecular formula is C28H27ClF3N3O. The summed E-state index contributed by atoms with van der Waals surface area (Å²) >= 11 is 0. The lowest BCUT2D eigenvalue weighted by Gasteiger charge is -2.19. The van der Waals surface area contributed by atoms with Gasteiger partial charge < -0.3 is 14.8 Å². The van der Waals surface area contributed by atoms with Crippen molar-refractivity contribution in [2.75, 3.05) is 27.2 Å². The van der Waals surface area contributed by atoms with Crippen LogP contribution in [0.3, 0.4) is 0 Å². The highest BCUT2D eigenvalue weighted by Gasteiger charge is 2.34. The van der Waals surface area contributed by atoms with Gasteiger partial charge in [-0.15, -0.1) is 12.4 Å². The maximum atomic E-state index is 14.0. The third-order valence-corrected chi connectivity index (χ3v) is 5.67. The Hall–Kier alpha value is -3.55. The molecule has 1 amide bonds. The van der Waals surface area contributed by atoms with Gasteiger partial charge in [0.15, 0.2) is 0 Å². The second-order valence-electron chi connectivity index (χ2n) is 8.46. The zero-order chi connectivity index (χ0) is 25.0. The molecule has 188 valence electrons. The first kappa shape index (κ1) is 27.0. The maximum absolute atomic E-state index is 14.0. The summed E-state index contributed by atoms with van der Waals surface area (Å²) in [6.45, 7) is 1.19. The highest BCUT2D eigenvalue weighted by atomic mass is 35.5. The number of aromatic nitrogens is 1. The van der Waals surface area contributed by atoms with Gasteiger partial charge in [0, 0.05) is 18.7 Å². The second kappa shape index (κ2) is 11.5. The molecule has 0 spiro atoms. The molecule has 3 aromatic carbocycles. The lowest BCUT2D eigenvalue weighted by molar-refractivity contribution is -0.137. The molecule has 1 N–H and O–H groups in total. The molecule has 4 nitrogen and oxygen atoms in total. The average Bonchev–Trinajstić information content (AvgIpc) is 3.29. The lowest BCUT2D eigenvalue weighted by atomic mass is 10.1. The van der Waals surface area contributed by atoms with E-state index < -0.39 is 11.7 Å². The normalized spacial score (nSPS) is 11.3. The monoisotopic (exact) mass is 513 g/mol. The van der Waals surface area contributed by atoms with Crippen LogP contribution in [0.4, 0.5) is 13.2 Å². The van der Waals surface area contributed by atoms with E-state index in [0.717, 1.165) is 11.6 Å². The second-order valence-corrected chi connectivity index (χ2v) is 8.46. The molecule has 36 heavy (non-hydrogen) atoms. The third-order valence-electron chi connectivity index (χ3n) is 5.67. The summed E-state index contributed by atoms with van der Waals surface area (Å²) in [4.78, 5) is 14.7. The Balaban J connectivity index is 0.00000361. The van der Waals surface area contributed by atoms with Crippen LogP contribution < -0.4 is 5.32 Å². The number of nitrogens with zero attached hydrogens (tertiary/aromatic N) is 2. The molecule has 0 radical (unpaired) electrons. The van der Waals surface area contributed by atoms with Crippen LogP contribution in [0.1, 0.15) is 15.9 Å². The number of likely N-dealkylation sites (N-methyl/N-ethyl adjacent to an activating group) is 1. The van der Waals surface area contributed by atoms with Gasteiger partial charge >= 0.3 is 6.18 Å². The van der Waals surface area contributed by atoms with Gasteiger partial charge in [-0.1, -0.05) is 54.6 Å². The van der Waals surface area contributed by atoms with E-state index in [9.17, 15) is 18.0 Å². The molecule has 0 bridgehead atoms. The summed E-state index contributed by atoms with van der Waals surface area (Å²) in [5.74, 6) is -0.231. The van der Waals surface area contributed by atoms with Gasteiger partial charge in [0.25, 0.3) is 5.91 Å². The van der Waals surface area contributed by atoms with Crippen molar-refractivity contribution >= 4 is 18.3 Å². The van der Waals surface area contributed by atoms with Crippen LogP contribution in [-0.2, 0) is 6.18 Å². The largest absolute Gasteiger partial charge is 0.418 e. The minimum Gasteiger partial charge on any atom is -0.351 e. The van der Waals surface area contributed by atoms with Gasteiger partial charge in [0.1, 0.15) is 0 Å². The van der Waals surface area contributed by atoms with Gasteiger partial charge in [-0.3, -0.25) is 4.79 Å². The first-order valence-electron chi connectivity index (χ1n) is 11.2. The van der Waals surface area contributed by atoms with E-state index in [1.165, 1.54) is 12.1 Å². The van der Waals surface area contributed by atoms with Crippen LogP contribution in [0.15, 0.2) is 91.0 Å². The summed E-state index contributed by atoms with van der Waals surface area (Å²) in [7, 11) is 3.84. The number of benzene rings is 3. The van der Waals surface area contributed by atoms with Crippen molar-refractivity contribution < 1.29 is 18.0 Å². The highest BCUT2D eigenvalue weighted by molar-refractivity contribution is 5.95. The molecule has 8 heteroatoms. The number of alkyl halides is 3. The molecular weight excluding hydrogens is 487 g/mol. The van der Waals surface area contributed by atoms with Crippen molar-refractivity contribution in [3.8, 4) is 28.2 Å². The first-order chi connectivity index (χ1) is 16.8. The van der Waals surface area contributed by atoms with E-state index in [1.807, 2.05) is 55.4 Å². The minimum atomic E-state index is -4.53. The Morgan fingerprint density at radius 3 is 2.11 bits per heavy atom. The van der Waals surface area contributed by atoms with Crippen molar-refractivity contribution in [2.24, 2.45) is 0 Å². The minimum absolute atomic E-state index is 0. The van der Waals surface area contributed by atoms with Gasteiger partial charge in [0.05, 0.1) is 22.6 Å². The molecule has 0 aliphatic carbocycles. The van der Waals surface area contributed by atoms with E-state index in [0.29, 0.717) is 35.6 Å². The quantitative estimate of drug-likeness (QED) is 0.304. The fourth-order valence-corrected chi connectivity index (χ4v) is 3.98. The molecule has 4 aromatic rings. The highest BCUT2D eigenvalue weighted by Crippen LogP contribution is 2.39. The van der Waals surface area contributed by atoms with Crippen molar-refractivity contribution in [1.29, 1.82) is 0 Å². The third kappa shape index (κ3) is 5.98. The number of halogens is 4. The van der Waals surface area contributed by atoms with E-state index in [2.05, 4.69) is 5.32 Å². The van der Waals surface area contributed by atoms with E-state index in [1.54, 1.807) is 41.0 Å². The molecule has 0 aliphatic heterocycles. The number of carbonyl (C=O) groups is 1. The zero-order valence-corrected chi connectivity index (χ0v) is 20.7. The molecule has 1 aromatic heterocycles. The number of nitrogens with one attached hydrogen (secondary N) is 1. The van der Waals surface area contributed by atoms with Crippen LogP contribution in [0.2, 0.25) is 0 Å². The number of carbonyl (C=O) groups excluding carboxylic acids is 1. The van der Waals surface area contributed by atoms with Crippen LogP contribution in [0, 0.1) is 0 Å². The smallest absolute Gasteiger partial charge is 0.351 e. The Labute approximate surface area is 214 Å². The van der Waals surface area contributed by atoms with Gasteiger partial charge in [-0.25, -0.2) is 0 Å². The topological polar surface area (TPSA) is 37.3 Å². The Morgan fingerprint density at radius 2 is 1.44 bits per heavy atom. The van der Waals surface area contributed by atoms with E-state index in [-0.39, 0.29) is 24.0 Å². The SMILES string of the molecule is CN(C)CCNC(=O)c1cccc(-c2ccc(-c3ccccc3)n2-c2ccccc2C(F)(F)F)c1.Cl. The van der Waals surface area contributed by atoms with Crippen LogP contribution >= 0.6 is 12.4 Å². The molecule has 0 aliphatic rings. The summed E-state index contributed by atoms with van der Waals surface area (Å²) in [6, 6.07) is 25.4. The fraction of sp³-hybridized carbons (Fsp3) is 0.179. The number of hydrogen-bond donors (Lipinski definition) is 1. The van der Waals surface area contributed by atoms with E-state index in [4.69, 9.17) is 0 Å². The number of hydrogen-bond acceptors (Lipinski definition) is 2. The van der Waals surface area contributed by atoms with Gasteiger partial charge in [0.2, 0.25) is 0 Å². The van der Waals surface area contributed by atoms with Crippen molar-refractivity contribution in [1.82, 2.24) is 14.8 Å². The standard InChI is InChI=1S/C28H26F3N3O.ClH/c1-33(2)18-17-32-27(35)22-12-8-11-21(19-22)25-16-15-24(20-9-4-3-5-10-20)34(25)26-14-7-6-13-23(26)28(29,30)31;/h3-16,19H,17-18H2,1-2H3,(H,32,35);1H. The lowest BCUT2D eigenvalue weighted by Crippen LogP contribution is -2.31. The van der Waals surface area contributed by atoms with Gasteiger partial charge in [-0.2, -0.15) is 13.2 Å². The first-order valence-corrected chi connectivity index (χ1v) is 11.2. The van der Waals surface area contributed by atoms with Gasteiger partial charge in [-0.05, 0) is 61.6 Å². The predicted molar refractivity (Wildman–Crippen MR) is 140 cm³/mol. The Morgan fingerprint density at radius 1 is 0.833 bits per heavy atom. The Kier molecular flexibility index (Phi) is 8.61. The van der Waals surface area contributed by atoms with Crippen molar-refractivity contribution in [2.45, 2.75) is 6.18 Å². The summed E-state index contributed by atoms with van der Waals surface area (Å²) in [6.07, 6.45) is -4.53. The van der Waals surface area contributed by atoms with Crippen LogP contribution in [0.25, 0.3) is 28.2 Å². The molecule has 0 saturated heterocycles. The molecule has 4 rings (SSSR count). The number of rotatable bonds is 7.